The zero-order chi connectivity index (χ0) is 17.4. The fourth-order valence-corrected chi connectivity index (χ4v) is 2.79. The third-order valence-corrected chi connectivity index (χ3v) is 3.92. The van der Waals surface area contributed by atoms with E-state index in [1.807, 2.05) is 47.9 Å². The van der Waals surface area contributed by atoms with Crippen molar-refractivity contribution < 1.29 is 5.11 Å². The number of rotatable bonds is 3. The summed E-state index contributed by atoms with van der Waals surface area (Å²) in [5.74, 6) is 0.197. The molecule has 0 aliphatic heterocycles. The molecule has 7 heteroatoms. The van der Waals surface area contributed by atoms with Gasteiger partial charge in [-0.05, 0) is 42.8 Å². The maximum absolute atomic E-state index is 9.39. The predicted octanol–water partition coefficient (Wildman–Crippen LogP) is 2.24. The van der Waals surface area contributed by atoms with E-state index >= 15 is 0 Å². The summed E-state index contributed by atoms with van der Waals surface area (Å²) in [6, 6.07) is 11.3. The Balaban J connectivity index is 2.05. The summed E-state index contributed by atoms with van der Waals surface area (Å²) < 4.78 is 1.92. The van der Waals surface area contributed by atoms with Crippen LogP contribution in [0.5, 0.6) is 0 Å². The highest BCUT2D eigenvalue weighted by Gasteiger charge is 2.18. The van der Waals surface area contributed by atoms with Crippen LogP contribution in [0.2, 0.25) is 0 Å². The fourth-order valence-electron chi connectivity index (χ4n) is 2.79. The number of hydrogen-bond donors (Lipinski definition) is 2. The number of aliphatic hydroxyl groups excluding tert-OH is 1. The predicted molar refractivity (Wildman–Crippen MR) is 94.5 cm³/mol. The highest BCUT2D eigenvalue weighted by molar-refractivity contribution is 5.79. The van der Waals surface area contributed by atoms with E-state index in [0.29, 0.717) is 17.0 Å². The van der Waals surface area contributed by atoms with Gasteiger partial charge in [0.1, 0.15) is 17.0 Å². The second kappa shape index (κ2) is 5.95. The second-order valence-electron chi connectivity index (χ2n) is 5.69. The van der Waals surface area contributed by atoms with Gasteiger partial charge in [0.15, 0.2) is 0 Å². The van der Waals surface area contributed by atoms with Crippen molar-refractivity contribution in [3.8, 4) is 22.8 Å². The molecule has 0 amide bonds. The number of nitrogen functional groups attached to an aromatic ring is 1. The van der Waals surface area contributed by atoms with Crippen molar-refractivity contribution in [1.29, 1.82) is 0 Å². The molecular weight excluding hydrogens is 316 g/mol. The van der Waals surface area contributed by atoms with Crippen LogP contribution in [0.15, 0.2) is 48.8 Å². The Morgan fingerprint density at radius 3 is 2.72 bits per heavy atom. The van der Waals surface area contributed by atoms with Crippen LogP contribution in [-0.2, 0) is 6.61 Å². The molecule has 0 saturated heterocycles. The minimum absolute atomic E-state index is 0.0445. The molecule has 0 saturated carbocycles. The summed E-state index contributed by atoms with van der Waals surface area (Å²) in [4.78, 5) is 17.6. The van der Waals surface area contributed by atoms with E-state index in [1.165, 1.54) is 0 Å². The van der Waals surface area contributed by atoms with Crippen LogP contribution in [0.25, 0.3) is 28.4 Å². The summed E-state index contributed by atoms with van der Waals surface area (Å²) in [7, 11) is 0. The molecule has 0 spiro atoms. The zero-order valence-electron chi connectivity index (χ0n) is 13.6. The largest absolute Gasteiger partial charge is 0.392 e. The van der Waals surface area contributed by atoms with Crippen LogP contribution in [0.1, 0.15) is 11.3 Å². The number of pyridine rings is 2. The van der Waals surface area contributed by atoms with Crippen LogP contribution in [0, 0.1) is 6.92 Å². The first kappa shape index (κ1) is 15.2. The Hall–Kier alpha value is -3.32. The molecule has 4 aromatic heterocycles. The molecule has 0 atom stereocenters. The van der Waals surface area contributed by atoms with E-state index in [1.54, 1.807) is 12.3 Å². The highest BCUT2D eigenvalue weighted by atomic mass is 16.3. The van der Waals surface area contributed by atoms with Crippen molar-refractivity contribution >= 4 is 11.6 Å². The smallest absolute Gasteiger partial charge is 0.220 e. The molecule has 0 aromatic carbocycles. The molecule has 25 heavy (non-hydrogen) atoms. The number of nitrogens with zero attached hydrogens (tertiary/aromatic N) is 5. The topological polar surface area (TPSA) is 102 Å². The van der Waals surface area contributed by atoms with Gasteiger partial charge in [0.2, 0.25) is 5.95 Å². The first-order chi connectivity index (χ1) is 12.2. The van der Waals surface area contributed by atoms with Gasteiger partial charge in [-0.2, -0.15) is 0 Å². The molecule has 0 aliphatic carbocycles. The Labute approximate surface area is 143 Å². The van der Waals surface area contributed by atoms with Crippen LogP contribution in [0.3, 0.4) is 0 Å². The Morgan fingerprint density at radius 1 is 1.08 bits per heavy atom. The molecule has 4 rings (SSSR count). The first-order valence-electron chi connectivity index (χ1n) is 7.80. The molecule has 7 nitrogen and oxygen atoms in total. The van der Waals surface area contributed by atoms with Gasteiger partial charge in [0.05, 0.1) is 18.0 Å². The molecule has 0 bridgehead atoms. The van der Waals surface area contributed by atoms with Crippen LogP contribution < -0.4 is 5.73 Å². The van der Waals surface area contributed by atoms with Gasteiger partial charge >= 0.3 is 0 Å². The van der Waals surface area contributed by atoms with Gasteiger partial charge in [0, 0.05) is 18.1 Å². The van der Waals surface area contributed by atoms with E-state index in [4.69, 9.17) is 10.7 Å². The number of hydrogen-bond acceptors (Lipinski definition) is 6. The summed E-state index contributed by atoms with van der Waals surface area (Å²) in [6.45, 7) is 1.89. The van der Waals surface area contributed by atoms with Gasteiger partial charge in [-0.1, -0.05) is 6.07 Å². The minimum atomic E-state index is -0.0445. The fraction of sp³-hybridized carbons (Fsp3) is 0.111. The molecule has 3 N–H and O–H groups in total. The van der Waals surface area contributed by atoms with Crippen molar-refractivity contribution in [1.82, 2.24) is 24.3 Å². The van der Waals surface area contributed by atoms with E-state index in [9.17, 15) is 5.11 Å². The van der Waals surface area contributed by atoms with E-state index in [-0.39, 0.29) is 12.6 Å². The molecule has 124 valence electrons. The normalized spacial score (nSPS) is 11.1. The number of aliphatic hydroxyl groups is 1. The monoisotopic (exact) mass is 332 g/mol. The Kier molecular flexibility index (Phi) is 3.62. The average Bonchev–Trinajstić information content (AvgIpc) is 3.00. The first-order valence-corrected chi connectivity index (χ1v) is 7.80. The van der Waals surface area contributed by atoms with Gasteiger partial charge in [0.25, 0.3) is 0 Å². The zero-order valence-corrected chi connectivity index (χ0v) is 13.6. The van der Waals surface area contributed by atoms with Crippen molar-refractivity contribution in [2.45, 2.75) is 13.5 Å². The third kappa shape index (κ3) is 2.70. The van der Waals surface area contributed by atoms with Gasteiger partial charge in [-0.3, -0.25) is 9.38 Å². The SMILES string of the molecule is Cc1cccc(-c2nc3cc(CO)ccn3c2-c2ccnc(N)n2)n1. The number of fused-ring (bicyclic) bond motifs is 1. The number of anilines is 1. The molecule has 0 fully saturated rings. The summed E-state index contributed by atoms with van der Waals surface area (Å²) in [5, 5.41) is 9.39. The number of nitrogens with two attached hydrogens (primary N) is 1. The van der Waals surface area contributed by atoms with Crippen molar-refractivity contribution in [2.24, 2.45) is 0 Å². The van der Waals surface area contributed by atoms with Crippen molar-refractivity contribution in [2.75, 3.05) is 5.73 Å². The van der Waals surface area contributed by atoms with Gasteiger partial charge in [-0.25, -0.2) is 15.0 Å². The number of imidazole rings is 1. The molecule has 4 heterocycles. The number of aromatic nitrogens is 5. The van der Waals surface area contributed by atoms with Crippen LogP contribution in [-0.4, -0.2) is 29.4 Å². The molecule has 0 unspecified atom stereocenters. The highest BCUT2D eigenvalue weighted by Crippen LogP contribution is 2.31. The minimum Gasteiger partial charge on any atom is -0.392 e. The third-order valence-electron chi connectivity index (χ3n) is 3.92. The van der Waals surface area contributed by atoms with Gasteiger partial charge in [-0.15, -0.1) is 0 Å². The van der Waals surface area contributed by atoms with Gasteiger partial charge < -0.3 is 10.8 Å². The standard InChI is InChI=1S/C18H16N6O/c1-11-3-2-4-13(21-11)16-17(14-5-7-20-18(19)22-14)24-8-6-12(10-25)9-15(24)23-16/h2-9,25H,10H2,1H3,(H2,19,20,22). The lowest BCUT2D eigenvalue weighted by Crippen LogP contribution is -1.99. The summed E-state index contributed by atoms with van der Waals surface area (Å²) in [5.41, 5.74) is 11.1. The Bertz CT molecular complexity index is 1070. The van der Waals surface area contributed by atoms with E-state index in [0.717, 1.165) is 22.6 Å². The lowest BCUT2D eigenvalue weighted by molar-refractivity contribution is 0.282. The summed E-state index contributed by atoms with van der Waals surface area (Å²) in [6.07, 6.45) is 3.48. The Morgan fingerprint density at radius 2 is 1.96 bits per heavy atom. The second-order valence-corrected chi connectivity index (χ2v) is 5.69. The quantitative estimate of drug-likeness (QED) is 0.596. The van der Waals surface area contributed by atoms with Crippen LogP contribution in [0.4, 0.5) is 5.95 Å². The van der Waals surface area contributed by atoms with Crippen molar-refractivity contribution in [3.63, 3.8) is 0 Å². The molecule has 0 aliphatic rings. The molecule has 0 radical (unpaired) electrons. The van der Waals surface area contributed by atoms with Crippen LogP contribution >= 0.6 is 0 Å². The molecular formula is C18H16N6O. The average molecular weight is 332 g/mol. The van der Waals surface area contributed by atoms with Crippen molar-refractivity contribution in [3.05, 3.63) is 60.0 Å². The van der Waals surface area contributed by atoms with E-state index in [2.05, 4.69) is 15.0 Å². The maximum Gasteiger partial charge on any atom is 0.220 e. The summed E-state index contributed by atoms with van der Waals surface area (Å²) >= 11 is 0. The number of aryl methyl sites for hydroxylation is 1. The lowest BCUT2D eigenvalue weighted by atomic mass is 10.1. The van der Waals surface area contributed by atoms with E-state index < -0.39 is 0 Å². The lowest BCUT2D eigenvalue weighted by Gasteiger charge is -2.06. The maximum atomic E-state index is 9.39. The molecule has 4 aromatic rings.